The van der Waals surface area contributed by atoms with Crippen molar-refractivity contribution >= 4 is 6.08 Å². The van der Waals surface area contributed by atoms with Crippen LogP contribution >= 0.6 is 0 Å². The van der Waals surface area contributed by atoms with E-state index >= 15 is 0 Å². The molecule has 0 saturated heterocycles. The molecule has 0 fully saturated rings. The zero-order valence-corrected chi connectivity index (χ0v) is 6.09. The minimum Gasteiger partial charge on any atom is -0.412 e. The second-order valence-corrected chi connectivity index (χ2v) is 2.11. The minimum atomic E-state index is 0. The standard InChI is InChI=1S/C9H10.H2O/c1-3-9-6-4-8(2)5-7-9;/h3-7H,1H2,2H3;1H2. The van der Waals surface area contributed by atoms with Gasteiger partial charge in [-0.3, -0.25) is 0 Å². The molecule has 2 N–H and O–H groups in total. The summed E-state index contributed by atoms with van der Waals surface area (Å²) in [5.74, 6) is 0. The van der Waals surface area contributed by atoms with Gasteiger partial charge in [0.25, 0.3) is 0 Å². The second kappa shape index (κ2) is 3.85. The van der Waals surface area contributed by atoms with E-state index in [2.05, 4.69) is 37.8 Å². The molecule has 10 heavy (non-hydrogen) atoms. The number of hydrogen-bond acceptors (Lipinski definition) is 0. The van der Waals surface area contributed by atoms with Crippen LogP contribution in [0, 0.1) is 6.92 Å². The first kappa shape index (κ1) is 8.92. The Morgan fingerprint density at radius 2 is 1.70 bits per heavy atom. The zero-order valence-electron chi connectivity index (χ0n) is 6.09. The molecule has 1 nitrogen and oxygen atoms in total. The summed E-state index contributed by atoms with van der Waals surface area (Å²) >= 11 is 0. The van der Waals surface area contributed by atoms with E-state index in [0.717, 1.165) is 0 Å². The van der Waals surface area contributed by atoms with E-state index in [0.29, 0.717) is 0 Å². The fourth-order valence-corrected chi connectivity index (χ4v) is 0.703. The van der Waals surface area contributed by atoms with Crippen LogP contribution in [0.2, 0.25) is 0 Å². The molecule has 0 saturated carbocycles. The summed E-state index contributed by atoms with van der Waals surface area (Å²) in [4.78, 5) is 0. The topological polar surface area (TPSA) is 31.5 Å². The van der Waals surface area contributed by atoms with Crippen LogP contribution in [0.5, 0.6) is 0 Å². The molecule has 1 aromatic rings. The molecular weight excluding hydrogens is 124 g/mol. The first-order valence-electron chi connectivity index (χ1n) is 3.02. The third-order valence-corrected chi connectivity index (χ3v) is 1.31. The molecule has 0 unspecified atom stereocenters. The van der Waals surface area contributed by atoms with E-state index < -0.39 is 0 Å². The molecular formula is C9H12O. The van der Waals surface area contributed by atoms with Gasteiger partial charge in [-0.25, -0.2) is 0 Å². The Morgan fingerprint density at radius 1 is 1.20 bits per heavy atom. The zero-order chi connectivity index (χ0) is 6.69. The minimum absolute atomic E-state index is 0. The van der Waals surface area contributed by atoms with Gasteiger partial charge in [-0.15, -0.1) is 0 Å². The normalized spacial score (nSPS) is 8.10. The van der Waals surface area contributed by atoms with Crippen LogP contribution in [0.1, 0.15) is 11.1 Å². The second-order valence-electron chi connectivity index (χ2n) is 2.11. The molecule has 1 heteroatoms. The van der Waals surface area contributed by atoms with E-state index in [1.54, 1.807) is 0 Å². The number of aryl methyl sites for hydroxylation is 1. The van der Waals surface area contributed by atoms with Crippen LogP contribution in [-0.2, 0) is 0 Å². The van der Waals surface area contributed by atoms with Crippen LogP contribution in [0.4, 0.5) is 0 Å². The first-order valence-corrected chi connectivity index (χ1v) is 3.02. The van der Waals surface area contributed by atoms with Crippen LogP contribution in [0.25, 0.3) is 6.08 Å². The van der Waals surface area contributed by atoms with Crippen LogP contribution in [0.3, 0.4) is 0 Å². The summed E-state index contributed by atoms with van der Waals surface area (Å²) in [6.45, 7) is 5.74. The highest BCUT2D eigenvalue weighted by atomic mass is 16.0. The molecule has 0 amide bonds. The van der Waals surface area contributed by atoms with Gasteiger partial charge < -0.3 is 5.48 Å². The lowest BCUT2D eigenvalue weighted by Crippen LogP contribution is -1.71. The van der Waals surface area contributed by atoms with E-state index in [4.69, 9.17) is 0 Å². The van der Waals surface area contributed by atoms with E-state index in [-0.39, 0.29) is 5.48 Å². The molecule has 0 aliphatic heterocycles. The summed E-state index contributed by atoms with van der Waals surface area (Å²) in [6.07, 6.45) is 1.85. The molecule has 1 aromatic carbocycles. The Morgan fingerprint density at radius 3 is 2.10 bits per heavy atom. The largest absolute Gasteiger partial charge is 0.412 e. The van der Waals surface area contributed by atoms with Crippen LogP contribution in [-0.4, -0.2) is 5.48 Å². The summed E-state index contributed by atoms with van der Waals surface area (Å²) in [5.41, 5.74) is 2.47. The number of hydrogen-bond donors (Lipinski definition) is 0. The Bertz CT molecular complexity index is 198. The smallest absolute Gasteiger partial charge is 0.0262 e. The van der Waals surface area contributed by atoms with Crippen molar-refractivity contribution in [3.63, 3.8) is 0 Å². The third-order valence-electron chi connectivity index (χ3n) is 1.31. The van der Waals surface area contributed by atoms with E-state index in [1.165, 1.54) is 11.1 Å². The van der Waals surface area contributed by atoms with Gasteiger partial charge in [-0.1, -0.05) is 42.5 Å². The van der Waals surface area contributed by atoms with Gasteiger partial charge in [0.1, 0.15) is 0 Å². The maximum absolute atomic E-state index is 3.66. The van der Waals surface area contributed by atoms with E-state index in [9.17, 15) is 0 Å². The third kappa shape index (κ3) is 2.03. The Hall–Kier alpha value is -1.08. The molecule has 0 aliphatic rings. The lowest BCUT2D eigenvalue weighted by Gasteiger charge is -1.91. The summed E-state index contributed by atoms with van der Waals surface area (Å²) < 4.78 is 0. The van der Waals surface area contributed by atoms with Crippen LogP contribution < -0.4 is 0 Å². The Balaban J connectivity index is 0.000000810. The molecule has 54 valence electrons. The first-order chi connectivity index (χ1) is 4.33. The number of rotatable bonds is 1. The highest BCUT2D eigenvalue weighted by molar-refractivity contribution is 5.46. The predicted octanol–water partition coefficient (Wildman–Crippen LogP) is 1.81. The molecule has 0 aliphatic carbocycles. The van der Waals surface area contributed by atoms with Gasteiger partial charge in [0, 0.05) is 0 Å². The van der Waals surface area contributed by atoms with Gasteiger partial charge in [-0.2, -0.15) is 0 Å². The van der Waals surface area contributed by atoms with Crippen molar-refractivity contribution in [3.8, 4) is 0 Å². The van der Waals surface area contributed by atoms with Gasteiger partial charge in [0.15, 0.2) is 0 Å². The predicted molar refractivity (Wildman–Crippen MR) is 44.9 cm³/mol. The van der Waals surface area contributed by atoms with Crippen molar-refractivity contribution in [3.05, 3.63) is 42.0 Å². The molecule has 0 aromatic heterocycles. The van der Waals surface area contributed by atoms with Crippen molar-refractivity contribution in [1.29, 1.82) is 0 Å². The lowest BCUT2D eigenvalue weighted by atomic mass is 10.2. The maximum Gasteiger partial charge on any atom is -0.0262 e. The SMILES string of the molecule is C=Cc1ccc(C)cc1.O. The van der Waals surface area contributed by atoms with Crippen molar-refractivity contribution in [1.82, 2.24) is 0 Å². The molecule has 0 radical (unpaired) electrons. The average molecular weight is 136 g/mol. The monoisotopic (exact) mass is 136 g/mol. The van der Waals surface area contributed by atoms with Crippen molar-refractivity contribution in [2.45, 2.75) is 6.92 Å². The van der Waals surface area contributed by atoms with Crippen LogP contribution in [0.15, 0.2) is 30.8 Å². The quantitative estimate of drug-likeness (QED) is 0.564. The van der Waals surface area contributed by atoms with Crippen molar-refractivity contribution in [2.75, 3.05) is 0 Å². The van der Waals surface area contributed by atoms with Crippen molar-refractivity contribution in [2.24, 2.45) is 0 Å². The highest BCUT2D eigenvalue weighted by Gasteiger charge is 1.82. The highest BCUT2D eigenvalue weighted by Crippen LogP contribution is 2.02. The van der Waals surface area contributed by atoms with E-state index in [1.807, 2.05) is 6.08 Å². The fraction of sp³-hybridized carbons (Fsp3) is 0.111. The molecule has 0 atom stereocenters. The van der Waals surface area contributed by atoms with Crippen molar-refractivity contribution < 1.29 is 5.48 Å². The molecule has 0 spiro atoms. The number of benzene rings is 1. The summed E-state index contributed by atoms with van der Waals surface area (Å²) in [6, 6.07) is 8.28. The Labute approximate surface area is 61.3 Å². The fourth-order valence-electron chi connectivity index (χ4n) is 0.703. The molecule has 0 bridgehead atoms. The summed E-state index contributed by atoms with van der Waals surface area (Å²) in [5, 5.41) is 0. The lowest BCUT2D eigenvalue weighted by molar-refractivity contribution is 0.824. The van der Waals surface area contributed by atoms with Gasteiger partial charge in [-0.05, 0) is 12.5 Å². The maximum atomic E-state index is 3.66. The van der Waals surface area contributed by atoms with Gasteiger partial charge >= 0.3 is 0 Å². The average Bonchev–Trinajstić information content (AvgIpc) is 1.90. The summed E-state index contributed by atoms with van der Waals surface area (Å²) in [7, 11) is 0. The molecule has 1 rings (SSSR count). The van der Waals surface area contributed by atoms with Gasteiger partial charge in [0.2, 0.25) is 0 Å². The molecule has 0 heterocycles. The van der Waals surface area contributed by atoms with Gasteiger partial charge in [0.05, 0.1) is 0 Å². The Kier molecular flexibility index (Phi) is 3.44.